The molecule has 2 aromatic rings. The highest BCUT2D eigenvalue weighted by atomic mass is 19.1. The van der Waals surface area contributed by atoms with E-state index in [0.717, 1.165) is 11.3 Å². The van der Waals surface area contributed by atoms with Gasteiger partial charge in [-0.1, -0.05) is 24.3 Å². The average Bonchev–Trinajstić information content (AvgIpc) is 2.47. The summed E-state index contributed by atoms with van der Waals surface area (Å²) in [6, 6.07) is 13.5. The van der Waals surface area contributed by atoms with Gasteiger partial charge < -0.3 is 10.1 Å². The second-order valence-electron chi connectivity index (χ2n) is 5.04. The molecule has 0 bridgehead atoms. The minimum absolute atomic E-state index is 0.0867. The largest absolute Gasteiger partial charge is 0.491 e. The molecule has 0 aromatic heterocycles. The molecule has 1 N–H and O–H groups in total. The predicted octanol–water partition coefficient (Wildman–Crippen LogP) is 4.26. The Morgan fingerprint density at radius 2 is 1.95 bits per heavy atom. The molecular formula is C18H18FNO2. The Kier molecular flexibility index (Phi) is 5.31. The van der Waals surface area contributed by atoms with Crippen LogP contribution in [0.3, 0.4) is 0 Å². The number of hydrogen-bond acceptors (Lipinski definition) is 2. The van der Waals surface area contributed by atoms with E-state index in [2.05, 4.69) is 5.32 Å². The van der Waals surface area contributed by atoms with Crippen LogP contribution in [0, 0.1) is 5.82 Å². The number of para-hydroxylation sites is 1. The molecule has 114 valence electrons. The zero-order valence-electron chi connectivity index (χ0n) is 12.5. The van der Waals surface area contributed by atoms with Gasteiger partial charge in [-0.25, -0.2) is 4.39 Å². The van der Waals surface area contributed by atoms with Crippen molar-refractivity contribution in [2.45, 2.75) is 20.0 Å². The second kappa shape index (κ2) is 7.41. The fraction of sp³-hybridized carbons (Fsp3) is 0.167. The first kappa shape index (κ1) is 15.8. The fourth-order valence-electron chi connectivity index (χ4n) is 1.87. The van der Waals surface area contributed by atoms with E-state index in [9.17, 15) is 9.18 Å². The lowest BCUT2D eigenvalue weighted by atomic mass is 10.2. The summed E-state index contributed by atoms with van der Waals surface area (Å²) < 4.78 is 19.0. The van der Waals surface area contributed by atoms with Crippen molar-refractivity contribution < 1.29 is 13.9 Å². The monoisotopic (exact) mass is 299 g/mol. The smallest absolute Gasteiger partial charge is 0.248 e. The van der Waals surface area contributed by atoms with Crippen molar-refractivity contribution >= 4 is 17.7 Å². The van der Waals surface area contributed by atoms with Crippen molar-refractivity contribution in [3.05, 3.63) is 66.0 Å². The summed E-state index contributed by atoms with van der Waals surface area (Å²) in [7, 11) is 0. The Morgan fingerprint density at radius 1 is 1.18 bits per heavy atom. The number of amides is 1. The van der Waals surface area contributed by atoms with Crippen LogP contribution < -0.4 is 10.1 Å². The third-order valence-electron chi connectivity index (χ3n) is 2.79. The molecular weight excluding hydrogens is 281 g/mol. The van der Waals surface area contributed by atoms with Crippen molar-refractivity contribution in [2.75, 3.05) is 5.32 Å². The summed E-state index contributed by atoms with van der Waals surface area (Å²) in [5.74, 6) is -0.108. The highest BCUT2D eigenvalue weighted by Crippen LogP contribution is 2.16. The lowest BCUT2D eigenvalue weighted by Crippen LogP contribution is -2.09. The molecule has 0 aliphatic heterocycles. The Bertz CT molecular complexity index is 680. The maximum atomic E-state index is 13.4. The molecule has 4 heteroatoms. The van der Waals surface area contributed by atoms with Crippen molar-refractivity contribution in [3.8, 4) is 5.75 Å². The first-order valence-electron chi connectivity index (χ1n) is 7.05. The summed E-state index contributed by atoms with van der Waals surface area (Å²) in [6.07, 6.45) is 3.10. The first-order chi connectivity index (χ1) is 10.5. The molecule has 3 nitrogen and oxygen atoms in total. The minimum atomic E-state index is -0.461. The number of carbonyl (C=O) groups excluding carboxylic acids is 1. The molecule has 0 aliphatic rings. The maximum Gasteiger partial charge on any atom is 0.248 e. The Hall–Kier alpha value is -2.62. The van der Waals surface area contributed by atoms with Gasteiger partial charge in [-0.15, -0.1) is 0 Å². The Balaban J connectivity index is 2.02. The van der Waals surface area contributed by atoms with Crippen molar-refractivity contribution in [1.82, 2.24) is 0 Å². The number of halogens is 1. The molecule has 0 heterocycles. The summed E-state index contributed by atoms with van der Waals surface area (Å²) in [4.78, 5) is 11.8. The van der Waals surface area contributed by atoms with Gasteiger partial charge in [0.2, 0.25) is 5.91 Å². The van der Waals surface area contributed by atoms with Gasteiger partial charge in [0.15, 0.2) is 0 Å². The topological polar surface area (TPSA) is 38.3 Å². The normalized spacial score (nSPS) is 10.9. The van der Waals surface area contributed by atoms with Crippen LogP contribution in [-0.2, 0) is 4.79 Å². The third kappa shape index (κ3) is 4.74. The van der Waals surface area contributed by atoms with Crippen LogP contribution in [0.15, 0.2) is 54.6 Å². The van der Waals surface area contributed by atoms with E-state index < -0.39 is 5.82 Å². The zero-order chi connectivity index (χ0) is 15.9. The first-order valence-corrected chi connectivity index (χ1v) is 7.05. The van der Waals surface area contributed by atoms with Gasteiger partial charge in [0.1, 0.15) is 11.6 Å². The molecule has 0 saturated carbocycles. The van der Waals surface area contributed by atoms with E-state index in [4.69, 9.17) is 4.74 Å². The number of nitrogens with one attached hydrogen (secondary N) is 1. The van der Waals surface area contributed by atoms with E-state index in [1.54, 1.807) is 18.2 Å². The molecule has 0 fully saturated rings. The van der Waals surface area contributed by atoms with Gasteiger partial charge >= 0.3 is 0 Å². The Labute approximate surface area is 129 Å². The fourth-order valence-corrected chi connectivity index (χ4v) is 1.87. The number of anilines is 1. The van der Waals surface area contributed by atoms with E-state index in [0.29, 0.717) is 0 Å². The van der Waals surface area contributed by atoms with E-state index >= 15 is 0 Å². The highest BCUT2D eigenvalue weighted by molar-refractivity contribution is 6.02. The molecule has 2 aromatic carbocycles. The summed E-state index contributed by atoms with van der Waals surface area (Å²) in [6.45, 7) is 3.90. The van der Waals surface area contributed by atoms with Gasteiger partial charge in [0.05, 0.1) is 11.8 Å². The molecule has 0 aliphatic carbocycles. The van der Waals surface area contributed by atoms with Crippen molar-refractivity contribution in [1.29, 1.82) is 0 Å². The van der Waals surface area contributed by atoms with Gasteiger partial charge in [-0.3, -0.25) is 4.79 Å². The van der Waals surface area contributed by atoms with E-state index in [-0.39, 0.29) is 17.7 Å². The SMILES string of the molecule is CC(C)Oc1cccc(/C=C/C(=O)Nc2ccccc2F)c1. The van der Waals surface area contributed by atoms with Crippen LogP contribution in [0.4, 0.5) is 10.1 Å². The lowest BCUT2D eigenvalue weighted by molar-refractivity contribution is -0.111. The minimum Gasteiger partial charge on any atom is -0.491 e. The number of ether oxygens (including phenoxy) is 1. The molecule has 0 atom stereocenters. The third-order valence-corrected chi connectivity index (χ3v) is 2.79. The van der Waals surface area contributed by atoms with Crippen LogP contribution in [-0.4, -0.2) is 12.0 Å². The van der Waals surface area contributed by atoms with Crippen molar-refractivity contribution in [3.63, 3.8) is 0 Å². The number of carbonyl (C=O) groups is 1. The van der Waals surface area contributed by atoms with Crippen LogP contribution in [0.1, 0.15) is 19.4 Å². The molecule has 0 unspecified atom stereocenters. The summed E-state index contributed by atoms with van der Waals surface area (Å²) in [5.41, 5.74) is 0.996. The predicted molar refractivity (Wildman–Crippen MR) is 86.3 cm³/mol. The number of rotatable bonds is 5. The van der Waals surface area contributed by atoms with E-state index in [1.165, 1.54) is 18.2 Å². The van der Waals surface area contributed by atoms with Crippen LogP contribution in [0.25, 0.3) is 6.08 Å². The van der Waals surface area contributed by atoms with Gasteiger partial charge in [-0.05, 0) is 49.8 Å². The van der Waals surface area contributed by atoms with Gasteiger partial charge in [0, 0.05) is 6.08 Å². The Morgan fingerprint density at radius 3 is 2.68 bits per heavy atom. The summed E-state index contributed by atoms with van der Waals surface area (Å²) >= 11 is 0. The lowest BCUT2D eigenvalue weighted by Gasteiger charge is -2.09. The maximum absolute atomic E-state index is 13.4. The zero-order valence-corrected chi connectivity index (χ0v) is 12.5. The van der Waals surface area contributed by atoms with Crippen LogP contribution in [0.5, 0.6) is 5.75 Å². The van der Waals surface area contributed by atoms with Gasteiger partial charge in [-0.2, -0.15) is 0 Å². The molecule has 0 spiro atoms. The molecule has 2 rings (SSSR count). The highest BCUT2D eigenvalue weighted by Gasteiger charge is 2.03. The quantitative estimate of drug-likeness (QED) is 0.838. The number of hydrogen-bond donors (Lipinski definition) is 1. The average molecular weight is 299 g/mol. The number of benzene rings is 2. The van der Waals surface area contributed by atoms with Crippen LogP contribution >= 0.6 is 0 Å². The molecule has 22 heavy (non-hydrogen) atoms. The second-order valence-corrected chi connectivity index (χ2v) is 5.04. The standard InChI is InChI=1S/C18H18FNO2/c1-13(2)22-15-7-5-6-14(12-15)10-11-18(21)20-17-9-4-3-8-16(17)19/h3-13H,1-2H3,(H,20,21)/b11-10+. The van der Waals surface area contributed by atoms with Crippen molar-refractivity contribution in [2.24, 2.45) is 0 Å². The van der Waals surface area contributed by atoms with E-state index in [1.807, 2.05) is 38.1 Å². The molecule has 1 amide bonds. The van der Waals surface area contributed by atoms with Crippen LogP contribution in [0.2, 0.25) is 0 Å². The molecule has 0 saturated heterocycles. The molecule has 0 radical (unpaired) electrons. The van der Waals surface area contributed by atoms with Gasteiger partial charge in [0.25, 0.3) is 0 Å². The summed E-state index contributed by atoms with van der Waals surface area (Å²) in [5, 5.41) is 2.50.